The van der Waals surface area contributed by atoms with Crippen LogP contribution in [0, 0.1) is 5.41 Å². The highest BCUT2D eigenvalue weighted by atomic mass is 16.7. The number of hydrogen-bond donors (Lipinski definition) is 2. The average Bonchev–Trinajstić information content (AvgIpc) is 2.83. The molecular formula is C13H18N2O3. The van der Waals surface area contributed by atoms with Crippen LogP contribution >= 0.6 is 0 Å². The molecule has 1 aliphatic heterocycles. The fourth-order valence-corrected chi connectivity index (χ4v) is 1.53. The Hall–Kier alpha value is -1.75. The van der Waals surface area contributed by atoms with E-state index in [1.807, 2.05) is 13.8 Å². The van der Waals surface area contributed by atoms with E-state index in [1.165, 1.54) is 0 Å². The molecule has 1 aromatic rings. The quantitative estimate of drug-likeness (QED) is 0.840. The van der Waals surface area contributed by atoms with Crippen molar-refractivity contribution in [1.82, 2.24) is 5.32 Å². The van der Waals surface area contributed by atoms with Gasteiger partial charge in [0.2, 0.25) is 6.79 Å². The van der Waals surface area contributed by atoms with E-state index >= 15 is 0 Å². The Kier molecular flexibility index (Phi) is 3.43. The van der Waals surface area contributed by atoms with E-state index in [-0.39, 0.29) is 18.1 Å². The van der Waals surface area contributed by atoms with Crippen molar-refractivity contribution in [1.29, 1.82) is 0 Å². The highest BCUT2D eigenvalue weighted by molar-refractivity contribution is 5.94. The number of amides is 1. The van der Waals surface area contributed by atoms with Crippen molar-refractivity contribution in [2.45, 2.75) is 13.8 Å². The molecule has 1 aliphatic rings. The minimum absolute atomic E-state index is 0.105. The third-order valence-corrected chi connectivity index (χ3v) is 2.91. The summed E-state index contributed by atoms with van der Waals surface area (Å²) in [5.41, 5.74) is 6.07. The fourth-order valence-electron chi connectivity index (χ4n) is 1.53. The third kappa shape index (κ3) is 2.73. The smallest absolute Gasteiger partial charge is 0.251 e. The maximum atomic E-state index is 12.0. The molecule has 0 saturated heterocycles. The van der Waals surface area contributed by atoms with Crippen molar-refractivity contribution in [3.05, 3.63) is 23.8 Å². The van der Waals surface area contributed by atoms with E-state index in [1.54, 1.807) is 18.2 Å². The first-order chi connectivity index (χ1) is 8.52. The van der Waals surface area contributed by atoms with Crippen LogP contribution in [0.15, 0.2) is 18.2 Å². The lowest BCUT2D eigenvalue weighted by molar-refractivity contribution is 0.0937. The van der Waals surface area contributed by atoms with Gasteiger partial charge in [0.1, 0.15) is 0 Å². The van der Waals surface area contributed by atoms with Crippen LogP contribution in [0.4, 0.5) is 0 Å². The Morgan fingerprint density at radius 1 is 1.39 bits per heavy atom. The van der Waals surface area contributed by atoms with Gasteiger partial charge in [0.25, 0.3) is 5.91 Å². The van der Waals surface area contributed by atoms with E-state index < -0.39 is 0 Å². The van der Waals surface area contributed by atoms with Gasteiger partial charge in [-0.15, -0.1) is 0 Å². The average molecular weight is 250 g/mol. The lowest BCUT2D eigenvalue weighted by atomic mass is 9.94. The van der Waals surface area contributed by atoms with Crippen LogP contribution in [0.25, 0.3) is 0 Å². The van der Waals surface area contributed by atoms with E-state index in [4.69, 9.17) is 15.2 Å². The number of rotatable bonds is 4. The summed E-state index contributed by atoms with van der Waals surface area (Å²) >= 11 is 0. The molecule has 0 aromatic heterocycles. The molecule has 98 valence electrons. The highest BCUT2D eigenvalue weighted by Gasteiger charge is 2.19. The zero-order valence-electron chi connectivity index (χ0n) is 10.7. The van der Waals surface area contributed by atoms with Crippen molar-refractivity contribution < 1.29 is 14.3 Å². The fraction of sp³-hybridized carbons (Fsp3) is 0.462. The first-order valence-corrected chi connectivity index (χ1v) is 5.90. The molecule has 1 heterocycles. The summed E-state index contributed by atoms with van der Waals surface area (Å²) < 4.78 is 10.4. The number of ether oxygens (including phenoxy) is 2. The Labute approximate surface area is 106 Å². The topological polar surface area (TPSA) is 73.6 Å². The monoisotopic (exact) mass is 250 g/mol. The number of nitrogens with one attached hydrogen (secondary N) is 1. The largest absolute Gasteiger partial charge is 0.454 e. The highest BCUT2D eigenvalue weighted by Crippen LogP contribution is 2.32. The van der Waals surface area contributed by atoms with Crippen molar-refractivity contribution in [2.24, 2.45) is 11.1 Å². The summed E-state index contributed by atoms with van der Waals surface area (Å²) in [5, 5.41) is 2.87. The predicted molar refractivity (Wildman–Crippen MR) is 67.7 cm³/mol. The SMILES string of the molecule is CC(C)(CN)CNC(=O)c1ccc2c(c1)OCO2. The van der Waals surface area contributed by atoms with Gasteiger partial charge < -0.3 is 20.5 Å². The van der Waals surface area contributed by atoms with E-state index in [0.29, 0.717) is 30.2 Å². The first kappa shape index (κ1) is 12.7. The minimum Gasteiger partial charge on any atom is -0.454 e. The zero-order valence-corrected chi connectivity index (χ0v) is 10.7. The molecule has 2 rings (SSSR count). The molecule has 0 aliphatic carbocycles. The van der Waals surface area contributed by atoms with Crippen molar-refractivity contribution >= 4 is 5.91 Å². The number of carbonyl (C=O) groups excluding carboxylic acids is 1. The molecule has 3 N–H and O–H groups in total. The van der Waals surface area contributed by atoms with Gasteiger partial charge in [-0.3, -0.25) is 4.79 Å². The second-order valence-electron chi connectivity index (χ2n) is 5.12. The minimum atomic E-state index is -0.130. The molecule has 0 unspecified atom stereocenters. The summed E-state index contributed by atoms with van der Waals surface area (Å²) in [5.74, 6) is 1.16. The Balaban J connectivity index is 2.01. The van der Waals surface area contributed by atoms with Gasteiger partial charge >= 0.3 is 0 Å². The van der Waals surface area contributed by atoms with Gasteiger partial charge in [-0.25, -0.2) is 0 Å². The molecule has 5 heteroatoms. The number of fused-ring (bicyclic) bond motifs is 1. The lowest BCUT2D eigenvalue weighted by Crippen LogP contribution is -2.38. The maximum absolute atomic E-state index is 12.0. The molecule has 0 fully saturated rings. The Morgan fingerprint density at radius 3 is 2.83 bits per heavy atom. The van der Waals surface area contributed by atoms with Crippen LogP contribution in [-0.4, -0.2) is 25.8 Å². The first-order valence-electron chi connectivity index (χ1n) is 5.90. The second-order valence-corrected chi connectivity index (χ2v) is 5.12. The van der Waals surface area contributed by atoms with Gasteiger partial charge in [-0.2, -0.15) is 0 Å². The summed E-state index contributed by atoms with van der Waals surface area (Å²) in [7, 11) is 0. The Morgan fingerprint density at radius 2 is 2.11 bits per heavy atom. The molecule has 1 aromatic carbocycles. The van der Waals surface area contributed by atoms with Crippen molar-refractivity contribution in [2.75, 3.05) is 19.9 Å². The summed E-state index contributed by atoms with van der Waals surface area (Å²) in [6.45, 7) is 5.28. The number of hydrogen-bond acceptors (Lipinski definition) is 4. The molecule has 0 radical (unpaired) electrons. The lowest BCUT2D eigenvalue weighted by Gasteiger charge is -2.22. The maximum Gasteiger partial charge on any atom is 0.251 e. The van der Waals surface area contributed by atoms with Crippen LogP contribution in [0.2, 0.25) is 0 Å². The summed E-state index contributed by atoms with van der Waals surface area (Å²) in [6, 6.07) is 5.15. The van der Waals surface area contributed by atoms with E-state index in [9.17, 15) is 4.79 Å². The van der Waals surface area contributed by atoms with Crippen LogP contribution in [-0.2, 0) is 0 Å². The number of benzene rings is 1. The molecular weight excluding hydrogens is 232 g/mol. The normalized spacial score (nSPS) is 13.5. The van der Waals surface area contributed by atoms with Gasteiger partial charge in [0, 0.05) is 12.1 Å². The molecule has 1 amide bonds. The van der Waals surface area contributed by atoms with Crippen LogP contribution in [0.5, 0.6) is 11.5 Å². The number of nitrogens with two attached hydrogens (primary N) is 1. The standard InChI is InChI=1S/C13H18N2O3/c1-13(2,6-14)7-15-12(16)9-3-4-10-11(5-9)18-8-17-10/h3-5H,6-8,14H2,1-2H3,(H,15,16). The predicted octanol–water partition coefficient (Wildman–Crippen LogP) is 1.13. The van der Waals surface area contributed by atoms with Gasteiger partial charge in [0.05, 0.1) is 0 Å². The van der Waals surface area contributed by atoms with Crippen LogP contribution in [0.1, 0.15) is 24.2 Å². The Bertz CT molecular complexity index is 458. The van der Waals surface area contributed by atoms with E-state index in [0.717, 1.165) is 0 Å². The van der Waals surface area contributed by atoms with Crippen molar-refractivity contribution in [3.63, 3.8) is 0 Å². The second kappa shape index (κ2) is 4.86. The van der Waals surface area contributed by atoms with Gasteiger partial charge in [0.15, 0.2) is 11.5 Å². The molecule has 0 atom stereocenters. The molecule has 5 nitrogen and oxygen atoms in total. The number of carbonyl (C=O) groups is 1. The van der Waals surface area contributed by atoms with Crippen molar-refractivity contribution in [3.8, 4) is 11.5 Å². The van der Waals surface area contributed by atoms with E-state index in [2.05, 4.69) is 5.32 Å². The summed E-state index contributed by atoms with van der Waals surface area (Å²) in [4.78, 5) is 12.0. The zero-order chi connectivity index (χ0) is 13.2. The van der Waals surface area contributed by atoms with Gasteiger partial charge in [-0.05, 0) is 30.2 Å². The molecule has 0 saturated carbocycles. The van der Waals surface area contributed by atoms with Gasteiger partial charge in [-0.1, -0.05) is 13.8 Å². The molecule has 18 heavy (non-hydrogen) atoms. The van der Waals surface area contributed by atoms with Crippen LogP contribution < -0.4 is 20.5 Å². The third-order valence-electron chi connectivity index (χ3n) is 2.91. The molecule has 0 spiro atoms. The van der Waals surface area contributed by atoms with Crippen LogP contribution in [0.3, 0.4) is 0 Å². The molecule has 0 bridgehead atoms. The summed E-state index contributed by atoms with van der Waals surface area (Å²) in [6.07, 6.45) is 0.